The van der Waals surface area contributed by atoms with Gasteiger partial charge in [-0.25, -0.2) is 4.39 Å². The number of benzene rings is 1. The summed E-state index contributed by atoms with van der Waals surface area (Å²) in [6, 6.07) is 5.18. The molecule has 0 aromatic heterocycles. The molecule has 1 aromatic carbocycles. The summed E-state index contributed by atoms with van der Waals surface area (Å²) in [7, 11) is 0. The molecule has 20 heavy (non-hydrogen) atoms. The lowest BCUT2D eigenvalue weighted by Crippen LogP contribution is -2.37. The van der Waals surface area contributed by atoms with Crippen LogP contribution in [0.3, 0.4) is 0 Å². The van der Waals surface area contributed by atoms with Gasteiger partial charge in [-0.05, 0) is 73.2 Å². The second-order valence-corrected chi connectivity index (χ2v) is 7.20. The third kappa shape index (κ3) is 4.05. The van der Waals surface area contributed by atoms with Crippen molar-refractivity contribution in [3.63, 3.8) is 0 Å². The van der Waals surface area contributed by atoms with Crippen LogP contribution in [0.4, 0.5) is 4.39 Å². The largest absolute Gasteiger partial charge is 0.316 e. The van der Waals surface area contributed by atoms with Gasteiger partial charge in [-0.15, -0.1) is 0 Å². The van der Waals surface area contributed by atoms with E-state index in [1.807, 2.05) is 6.07 Å². The standard InChI is InChI=1S/C18H28FN/c1-13(2)11-20-12-18(4,16-6-7-16)10-15-9-17(19)8-5-14(15)3/h5,8-9,13,16,20H,6-7,10-12H2,1-4H3. The highest BCUT2D eigenvalue weighted by Gasteiger charge is 2.41. The van der Waals surface area contributed by atoms with E-state index in [0.717, 1.165) is 25.4 Å². The van der Waals surface area contributed by atoms with Gasteiger partial charge in [0.25, 0.3) is 0 Å². The van der Waals surface area contributed by atoms with Crippen LogP contribution in [0.25, 0.3) is 0 Å². The number of aryl methyl sites for hydroxylation is 1. The monoisotopic (exact) mass is 277 g/mol. The average molecular weight is 277 g/mol. The number of nitrogens with one attached hydrogen (secondary N) is 1. The van der Waals surface area contributed by atoms with Crippen LogP contribution in [-0.2, 0) is 6.42 Å². The van der Waals surface area contributed by atoms with E-state index in [-0.39, 0.29) is 11.2 Å². The van der Waals surface area contributed by atoms with E-state index in [9.17, 15) is 4.39 Å². The Hall–Kier alpha value is -0.890. The summed E-state index contributed by atoms with van der Waals surface area (Å²) in [5.41, 5.74) is 2.64. The van der Waals surface area contributed by atoms with E-state index in [4.69, 9.17) is 0 Å². The van der Waals surface area contributed by atoms with Gasteiger partial charge in [0, 0.05) is 6.54 Å². The van der Waals surface area contributed by atoms with Gasteiger partial charge in [0.15, 0.2) is 0 Å². The fourth-order valence-corrected chi connectivity index (χ4v) is 3.04. The van der Waals surface area contributed by atoms with Gasteiger partial charge in [-0.2, -0.15) is 0 Å². The highest BCUT2D eigenvalue weighted by Crippen LogP contribution is 2.47. The highest BCUT2D eigenvalue weighted by atomic mass is 19.1. The molecule has 1 fully saturated rings. The van der Waals surface area contributed by atoms with Crippen LogP contribution in [0.5, 0.6) is 0 Å². The summed E-state index contributed by atoms with van der Waals surface area (Å²) in [5.74, 6) is 1.36. The van der Waals surface area contributed by atoms with Crippen LogP contribution >= 0.6 is 0 Å². The molecule has 0 bridgehead atoms. The third-order valence-corrected chi connectivity index (χ3v) is 4.55. The molecule has 1 aromatic rings. The van der Waals surface area contributed by atoms with Gasteiger partial charge in [0.2, 0.25) is 0 Å². The minimum atomic E-state index is -0.112. The molecule has 0 radical (unpaired) electrons. The molecule has 0 spiro atoms. The quantitative estimate of drug-likeness (QED) is 0.782. The zero-order chi connectivity index (χ0) is 14.8. The minimum absolute atomic E-state index is 0.112. The van der Waals surface area contributed by atoms with E-state index in [1.165, 1.54) is 24.0 Å². The zero-order valence-electron chi connectivity index (χ0n) is 13.3. The first-order chi connectivity index (χ1) is 9.40. The SMILES string of the molecule is Cc1ccc(F)cc1CC(C)(CNCC(C)C)C1CC1. The molecule has 1 N–H and O–H groups in total. The Kier molecular flexibility index (Phi) is 4.85. The first-order valence-corrected chi connectivity index (χ1v) is 7.86. The fourth-order valence-electron chi connectivity index (χ4n) is 3.04. The zero-order valence-corrected chi connectivity index (χ0v) is 13.3. The molecule has 0 saturated heterocycles. The number of rotatable bonds is 7. The lowest BCUT2D eigenvalue weighted by Gasteiger charge is -2.31. The van der Waals surface area contributed by atoms with Crippen molar-refractivity contribution in [1.82, 2.24) is 5.32 Å². The lowest BCUT2D eigenvalue weighted by atomic mass is 9.78. The molecule has 1 atom stereocenters. The molecule has 2 rings (SSSR count). The van der Waals surface area contributed by atoms with Crippen molar-refractivity contribution in [3.8, 4) is 0 Å². The smallest absolute Gasteiger partial charge is 0.123 e. The molecule has 2 heteroatoms. The first-order valence-electron chi connectivity index (χ1n) is 7.86. The second kappa shape index (κ2) is 6.26. The number of hydrogen-bond acceptors (Lipinski definition) is 1. The fraction of sp³-hybridized carbons (Fsp3) is 0.667. The summed E-state index contributed by atoms with van der Waals surface area (Å²) in [6.45, 7) is 11.0. The van der Waals surface area contributed by atoms with E-state index < -0.39 is 0 Å². The predicted molar refractivity (Wildman–Crippen MR) is 83.4 cm³/mol. The topological polar surface area (TPSA) is 12.0 Å². The summed E-state index contributed by atoms with van der Waals surface area (Å²) in [4.78, 5) is 0. The Labute approximate surface area is 123 Å². The van der Waals surface area contributed by atoms with Crippen molar-refractivity contribution in [3.05, 3.63) is 35.1 Å². The molecule has 1 unspecified atom stereocenters. The second-order valence-electron chi connectivity index (χ2n) is 7.20. The van der Waals surface area contributed by atoms with E-state index in [1.54, 1.807) is 12.1 Å². The van der Waals surface area contributed by atoms with Crippen LogP contribution in [0, 0.1) is 30.0 Å². The number of hydrogen-bond donors (Lipinski definition) is 1. The number of halogens is 1. The Bertz CT molecular complexity index is 451. The maximum absolute atomic E-state index is 13.5. The summed E-state index contributed by atoms with van der Waals surface area (Å²) in [6.07, 6.45) is 3.63. The third-order valence-electron chi connectivity index (χ3n) is 4.55. The van der Waals surface area contributed by atoms with Crippen molar-refractivity contribution in [2.45, 2.75) is 47.0 Å². The Morgan fingerprint density at radius 2 is 2.05 bits per heavy atom. The van der Waals surface area contributed by atoms with Gasteiger partial charge < -0.3 is 5.32 Å². The summed E-state index contributed by atoms with van der Waals surface area (Å²) >= 11 is 0. The van der Waals surface area contributed by atoms with Gasteiger partial charge in [0.05, 0.1) is 0 Å². The van der Waals surface area contributed by atoms with Crippen molar-refractivity contribution in [2.75, 3.05) is 13.1 Å². The molecule has 1 aliphatic rings. The van der Waals surface area contributed by atoms with E-state index in [0.29, 0.717) is 5.92 Å². The van der Waals surface area contributed by atoms with Crippen LogP contribution in [-0.4, -0.2) is 13.1 Å². The lowest BCUT2D eigenvalue weighted by molar-refractivity contribution is 0.251. The molecule has 1 nitrogen and oxygen atoms in total. The summed E-state index contributed by atoms with van der Waals surface area (Å²) in [5, 5.41) is 3.61. The van der Waals surface area contributed by atoms with Crippen molar-refractivity contribution >= 4 is 0 Å². The van der Waals surface area contributed by atoms with Crippen molar-refractivity contribution < 1.29 is 4.39 Å². The molecular formula is C18H28FN. The van der Waals surface area contributed by atoms with Crippen LogP contribution in [0.15, 0.2) is 18.2 Å². The average Bonchev–Trinajstić information content (AvgIpc) is 3.18. The van der Waals surface area contributed by atoms with Crippen LogP contribution in [0.1, 0.15) is 44.7 Å². The maximum Gasteiger partial charge on any atom is 0.123 e. The van der Waals surface area contributed by atoms with E-state index >= 15 is 0 Å². The van der Waals surface area contributed by atoms with Gasteiger partial charge in [-0.3, -0.25) is 0 Å². The normalized spacial score (nSPS) is 18.3. The molecule has 1 aliphatic carbocycles. The van der Waals surface area contributed by atoms with Gasteiger partial charge >= 0.3 is 0 Å². The highest BCUT2D eigenvalue weighted by molar-refractivity contribution is 5.28. The molecule has 0 amide bonds. The minimum Gasteiger partial charge on any atom is -0.316 e. The molecule has 112 valence electrons. The van der Waals surface area contributed by atoms with E-state index in [2.05, 4.69) is 33.0 Å². The van der Waals surface area contributed by atoms with Gasteiger partial charge in [0.1, 0.15) is 5.82 Å². The summed E-state index contributed by atoms with van der Waals surface area (Å²) < 4.78 is 13.5. The van der Waals surface area contributed by atoms with Crippen LogP contribution in [0.2, 0.25) is 0 Å². The molecule has 1 saturated carbocycles. The Morgan fingerprint density at radius 3 is 2.65 bits per heavy atom. The van der Waals surface area contributed by atoms with Crippen LogP contribution < -0.4 is 5.32 Å². The molecule has 0 heterocycles. The maximum atomic E-state index is 13.5. The Balaban J connectivity index is 2.06. The first kappa shape index (κ1) is 15.5. The Morgan fingerprint density at radius 1 is 1.35 bits per heavy atom. The predicted octanol–water partition coefficient (Wildman–Crippen LogP) is 4.34. The molecular weight excluding hydrogens is 249 g/mol. The van der Waals surface area contributed by atoms with Gasteiger partial charge in [-0.1, -0.05) is 26.8 Å². The van der Waals surface area contributed by atoms with Crippen molar-refractivity contribution in [1.29, 1.82) is 0 Å². The molecule has 0 aliphatic heterocycles. The van der Waals surface area contributed by atoms with Crippen molar-refractivity contribution in [2.24, 2.45) is 17.3 Å².